The predicted octanol–water partition coefficient (Wildman–Crippen LogP) is 5.63. The first-order valence-corrected chi connectivity index (χ1v) is 11.4. The number of nitrogens with one attached hydrogen (secondary N) is 1. The summed E-state index contributed by atoms with van der Waals surface area (Å²) in [6, 6.07) is 19.0. The van der Waals surface area contributed by atoms with Gasteiger partial charge in [-0.2, -0.15) is 0 Å². The molecule has 1 aliphatic rings. The summed E-state index contributed by atoms with van der Waals surface area (Å²) in [6.45, 7) is 5.24. The highest BCUT2D eigenvalue weighted by molar-refractivity contribution is 7.14. The molecule has 0 bridgehead atoms. The molecule has 0 saturated carbocycles. The summed E-state index contributed by atoms with van der Waals surface area (Å²) in [5, 5.41) is 5.95. The summed E-state index contributed by atoms with van der Waals surface area (Å²) < 4.78 is 2.19. The Bertz CT molecular complexity index is 1320. The molecular weight excluding hydrogens is 418 g/mol. The second-order valence-corrected chi connectivity index (χ2v) is 9.01. The van der Waals surface area contributed by atoms with E-state index in [1.807, 2.05) is 48.4 Å². The highest BCUT2D eigenvalue weighted by Gasteiger charge is 2.26. The average Bonchev–Trinajstić information content (AvgIpc) is 3.39. The molecule has 0 spiro atoms. The largest absolute Gasteiger partial charge is 0.345 e. The molecule has 0 aliphatic carbocycles. The average molecular weight is 442 g/mol. The molecule has 3 heterocycles. The highest BCUT2D eigenvalue weighted by atomic mass is 32.1. The number of fused-ring (bicyclic) bond motifs is 2. The van der Waals surface area contributed by atoms with Crippen molar-refractivity contribution < 1.29 is 9.59 Å². The molecule has 6 heteroatoms. The summed E-state index contributed by atoms with van der Waals surface area (Å²) in [5.74, 6) is -0.200. The molecular formula is C26H23N3O2S. The lowest BCUT2D eigenvalue weighted by molar-refractivity contribution is 0.0984. The van der Waals surface area contributed by atoms with Gasteiger partial charge in [0.05, 0.1) is 13.1 Å². The van der Waals surface area contributed by atoms with Crippen molar-refractivity contribution in [1.29, 1.82) is 0 Å². The van der Waals surface area contributed by atoms with Crippen LogP contribution in [-0.4, -0.2) is 16.4 Å². The smallest absolute Gasteiger partial charge is 0.259 e. The summed E-state index contributed by atoms with van der Waals surface area (Å²) in [5.41, 5.74) is 6.22. The Morgan fingerprint density at radius 3 is 2.56 bits per heavy atom. The molecule has 1 aliphatic heterocycles. The predicted molar refractivity (Wildman–Crippen MR) is 129 cm³/mol. The van der Waals surface area contributed by atoms with Crippen LogP contribution >= 0.6 is 11.3 Å². The van der Waals surface area contributed by atoms with Gasteiger partial charge < -0.3 is 9.88 Å². The minimum Gasteiger partial charge on any atom is -0.345 e. The van der Waals surface area contributed by atoms with E-state index in [0.29, 0.717) is 23.4 Å². The molecule has 160 valence electrons. The van der Waals surface area contributed by atoms with Gasteiger partial charge in [-0.05, 0) is 73.3 Å². The van der Waals surface area contributed by atoms with Crippen LogP contribution in [-0.2, 0) is 13.1 Å². The maximum atomic E-state index is 13.4. The van der Waals surface area contributed by atoms with Crippen LogP contribution in [0.5, 0.6) is 0 Å². The minimum atomic E-state index is -0.155. The Balaban J connectivity index is 1.36. The Labute approximate surface area is 190 Å². The first-order valence-electron chi connectivity index (χ1n) is 10.5. The number of anilines is 2. The van der Waals surface area contributed by atoms with Gasteiger partial charge in [0.25, 0.3) is 11.8 Å². The van der Waals surface area contributed by atoms with E-state index in [1.54, 1.807) is 35.6 Å². The zero-order valence-corrected chi connectivity index (χ0v) is 18.8. The fourth-order valence-electron chi connectivity index (χ4n) is 4.13. The Morgan fingerprint density at radius 1 is 0.969 bits per heavy atom. The second kappa shape index (κ2) is 8.13. The van der Waals surface area contributed by atoms with Gasteiger partial charge in [-0.15, -0.1) is 11.3 Å². The third-order valence-corrected chi connectivity index (χ3v) is 6.79. The number of amides is 2. The van der Waals surface area contributed by atoms with Crippen LogP contribution in [0.3, 0.4) is 0 Å². The molecule has 0 radical (unpaired) electrons. The fraction of sp³-hybridized carbons (Fsp3) is 0.154. The number of carbonyl (C=O) groups excluding carboxylic acids is 2. The van der Waals surface area contributed by atoms with Crippen LogP contribution in [0.15, 0.2) is 72.2 Å². The lowest BCUT2D eigenvalue weighted by atomic mass is 10.1. The number of thiophene rings is 1. The molecule has 0 fully saturated rings. The lowest BCUT2D eigenvalue weighted by Crippen LogP contribution is -2.29. The number of hydrogen-bond donors (Lipinski definition) is 1. The minimum absolute atomic E-state index is 0.0457. The topological polar surface area (TPSA) is 54.3 Å². The number of benzene rings is 2. The van der Waals surface area contributed by atoms with Crippen molar-refractivity contribution in [3.05, 3.63) is 106 Å². The monoisotopic (exact) mass is 441 g/mol. The Kier molecular flexibility index (Phi) is 5.15. The van der Waals surface area contributed by atoms with Crippen LogP contribution in [0.1, 0.15) is 43.1 Å². The quantitative estimate of drug-likeness (QED) is 0.448. The maximum absolute atomic E-state index is 13.4. The maximum Gasteiger partial charge on any atom is 0.259 e. The zero-order valence-electron chi connectivity index (χ0n) is 18.0. The number of rotatable bonds is 3. The van der Waals surface area contributed by atoms with Crippen molar-refractivity contribution in [3.63, 3.8) is 0 Å². The Morgan fingerprint density at radius 2 is 1.78 bits per heavy atom. The standard InChI is InChI=1S/C26H23N3O2S/c1-17-5-10-23(18(2)14-17)24(30)27-21-8-6-19(7-9-21)25(31)29-16-22-4-3-12-28(22)15-20-11-13-32-26(20)29/h3-14H,15-16H2,1-2H3,(H,27,30). The molecule has 0 atom stereocenters. The SMILES string of the molecule is Cc1ccc(C(=O)Nc2ccc(C(=O)N3Cc4cccn4Cc4ccsc43)cc2)c(C)c1. The summed E-state index contributed by atoms with van der Waals surface area (Å²) in [7, 11) is 0. The van der Waals surface area contributed by atoms with E-state index in [-0.39, 0.29) is 11.8 Å². The molecule has 5 rings (SSSR count). The van der Waals surface area contributed by atoms with Gasteiger partial charge in [0, 0.05) is 34.3 Å². The number of aryl methyl sites for hydroxylation is 2. The van der Waals surface area contributed by atoms with E-state index in [9.17, 15) is 9.59 Å². The summed E-state index contributed by atoms with van der Waals surface area (Å²) in [4.78, 5) is 27.9. The van der Waals surface area contributed by atoms with Crippen molar-refractivity contribution in [2.45, 2.75) is 26.9 Å². The summed E-state index contributed by atoms with van der Waals surface area (Å²) >= 11 is 1.59. The van der Waals surface area contributed by atoms with Crippen LogP contribution in [0.2, 0.25) is 0 Å². The van der Waals surface area contributed by atoms with Crippen LogP contribution in [0, 0.1) is 13.8 Å². The molecule has 4 aromatic rings. The highest BCUT2D eigenvalue weighted by Crippen LogP contribution is 2.34. The van der Waals surface area contributed by atoms with Crippen molar-refractivity contribution in [3.8, 4) is 0 Å². The van der Waals surface area contributed by atoms with Crippen molar-refractivity contribution in [2.75, 3.05) is 10.2 Å². The third-order valence-electron chi connectivity index (χ3n) is 5.81. The molecule has 2 aromatic carbocycles. The molecule has 0 unspecified atom stereocenters. The van der Waals surface area contributed by atoms with E-state index >= 15 is 0 Å². The second-order valence-electron chi connectivity index (χ2n) is 8.12. The lowest BCUT2D eigenvalue weighted by Gasteiger charge is -2.20. The first-order chi connectivity index (χ1) is 15.5. The van der Waals surface area contributed by atoms with Crippen molar-refractivity contribution >= 4 is 33.8 Å². The van der Waals surface area contributed by atoms with Gasteiger partial charge in [0.1, 0.15) is 5.00 Å². The van der Waals surface area contributed by atoms with Gasteiger partial charge in [-0.3, -0.25) is 14.5 Å². The van der Waals surface area contributed by atoms with E-state index in [2.05, 4.69) is 28.2 Å². The zero-order chi connectivity index (χ0) is 22.2. The van der Waals surface area contributed by atoms with Gasteiger partial charge >= 0.3 is 0 Å². The molecule has 1 N–H and O–H groups in total. The molecule has 2 aromatic heterocycles. The fourth-order valence-corrected chi connectivity index (χ4v) is 5.05. The van der Waals surface area contributed by atoms with Crippen molar-refractivity contribution in [1.82, 2.24) is 4.57 Å². The third kappa shape index (κ3) is 3.74. The molecule has 0 saturated heterocycles. The molecule has 32 heavy (non-hydrogen) atoms. The summed E-state index contributed by atoms with van der Waals surface area (Å²) in [6.07, 6.45) is 2.05. The van der Waals surface area contributed by atoms with E-state index in [1.165, 1.54) is 0 Å². The Hall–Kier alpha value is -3.64. The van der Waals surface area contributed by atoms with E-state index in [4.69, 9.17) is 0 Å². The molecule has 5 nitrogen and oxygen atoms in total. The van der Waals surface area contributed by atoms with Gasteiger partial charge in [0.2, 0.25) is 0 Å². The van der Waals surface area contributed by atoms with Crippen molar-refractivity contribution in [2.24, 2.45) is 0 Å². The first kappa shape index (κ1) is 20.3. The number of carbonyl (C=O) groups is 2. The van der Waals surface area contributed by atoms with Crippen LogP contribution in [0.4, 0.5) is 10.7 Å². The van der Waals surface area contributed by atoms with Crippen LogP contribution < -0.4 is 10.2 Å². The number of hydrogen-bond acceptors (Lipinski definition) is 3. The van der Waals surface area contributed by atoms with Crippen LogP contribution in [0.25, 0.3) is 0 Å². The molecule has 2 amide bonds. The van der Waals surface area contributed by atoms with Gasteiger partial charge in [-0.1, -0.05) is 17.7 Å². The number of nitrogens with zero attached hydrogens (tertiary/aromatic N) is 2. The van der Waals surface area contributed by atoms with E-state index in [0.717, 1.165) is 33.9 Å². The van der Waals surface area contributed by atoms with E-state index < -0.39 is 0 Å². The normalized spacial score (nSPS) is 12.6. The van der Waals surface area contributed by atoms with Gasteiger partial charge in [-0.25, -0.2) is 0 Å². The van der Waals surface area contributed by atoms with Gasteiger partial charge in [0.15, 0.2) is 0 Å². The number of aromatic nitrogens is 1.